The first-order chi connectivity index (χ1) is 17.3. The highest BCUT2D eigenvalue weighted by molar-refractivity contribution is 7.99. The van der Waals surface area contributed by atoms with Gasteiger partial charge in [-0.2, -0.15) is 0 Å². The number of nitrogens with two attached hydrogens (primary N) is 2. The van der Waals surface area contributed by atoms with Crippen LogP contribution in [0, 0.1) is 0 Å². The summed E-state index contributed by atoms with van der Waals surface area (Å²) >= 11 is 1.53. The summed E-state index contributed by atoms with van der Waals surface area (Å²) in [5.74, 6) is -2.11. The minimum absolute atomic E-state index is 0.0369. The molecular formula is C27H35F2N3O3S. The lowest BCUT2D eigenvalue weighted by Gasteiger charge is -2.16. The maximum Gasteiger partial charge on any atom is 0.324 e. The number of aromatic nitrogens is 1. The van der Waals surface area contributed by atoms with Gasteiger partial charge in [-0.25, -0.2) is 8.78 Å². The van der Waals surface area contributed by atoms with Crippen molar-refractivity contribution in [2.24, 2.45) is 11.5 Å². The third kappa shape index (κ3) is 7.75. The number of carbonyl (C=O) groups is 1. The monoisotopic (exact) mass is 519 g/mol. The third-order valence-electron chi connectivity index (χ3n) is 5.93. The van der Waals surface area contributed by atoms with Gasteiger partial charge in [-0.1, -0.05) is 13.8 Å². The van der Waals surface area contributed by atoms with Crippen LogP contribution < -0.4 is 11.5 Å². The number of hydrogen-bond acceptors (Lipinski definition) is 7. The Balaban J connectivity index is 1.49. The van der Waals surface area contributed by atoms with Crippen molar-refractivity contribution in [1.82, 2.24) is 4.98 Å². The molecule has 1 atom stereocenters. The van der Waals surface area contributed by atoms with Gasteiger partial charge >= 0.3 is 5.97 Å². The van der Waals surface area contributed by atoms with Gasteiger partial charge < -0.3 is 20.6 Å². The summed E-state index contributed by atoms with van der Waals surface area (Å²) < 4.78 is 39.3. The van der Waals surface area contributed by atoms with Crippen molar-refractivity contribution >= 4 is 28.7 Å². The van der Waals surface area contributed by atoms with Crippen LogP contribution in [0.2, 0.25) is 0 Å². The molecule has 0 aliphatic heterocycles. The van der Waals surface area contributed by atoms with E-state index in [4.69, 9.17) is 25.6 Å². The van der Waals surface area contributed by atoms with Crippen LogP contribution >= 0.6 is 11.8 Å². The van der Waals surface area contributed by atoms with E-state index in [0.29, 0.717) is 12.2 Å². The van der Waals surface area contributed by atoms with Crippen molar-refractivity contribution in [1.29, 1.82) is 0 Å². The van der Waals surface area contributed by atoms with Crippen LogP contribution in [0.15, 0.2) is 45.7 Å². The Bertz CT molecular complexity index is 1150. The molecule has 2 heterocycles. The lowest BCUT2D eigenvalue weighted by atomic mass is 10.1. The molecular weight excluding hydrogens is 484 g/mol. The maximum atomic E-state index is 14.2. The first-order valence-corrected chi connectivity index (χ1v) is 13.4. The van der Waals surface area contributed by atoms with E-state index in [0.717, 1.165) is 51.4 Å². The lowest BCUT2D eigenvalue weighted by molar-refractivity contribution is -0.145. The molecule has 36 heavy (non-hydrogen) atoms. The summed E-state index contributed by atoms with van der Waals surface area (Å²) in [6, 6.07) is 11.2. The van der Waals surface area contributed by atoms with Crippen molar-refractivity contribution in [3.05, 3.63) is 47.8 Å². The molecule has 4 N–H and O–H groups in total. The van der Waals surface area contributed by atoms with Gasteiger partial charge in [0.25, 0.3) is 0 Å². The number of nitrogens with zero attached hydrogens (tertiary/aromatic N) is 1. The van der Waals surface area contributed by atoms with Gasteiger partial charge in [0.1, 0.15) is 17.4 Å². The number of aryl methyl sites for hydroxylation is 2. The van der Waals surface area contributed by atoms with Crippen LogP contribution in [0.5, 0.6) is 0 Å². The number of hydrogen-bond donors (Lipinski definition) is 2. The zero-order valence-electron chi connectivity index (χ0n) is 20.9. The van der Waals surface area contributed by atoms with Gasteiger partial charge in [0, 0.05) is 40.9 Å². The van der Waals surface area contributed by atoms with Crippen molar-refractivity contribution in [2.45, 2.75) is 69.2 Å². The van der Waals surface area contributed by atoms with Crippen LogP contribution in [0.1, 0.15) is 50.9 Å². The lowest BCUT2D eigenvalue weighted by Crippen LogP contribution is -2.39. The second kappa shape index (κ2) is 13.2. The van der Waals surface area contributed by atoms with Gasteiger partial charge in [-0.3, -0.25) is 9.78 Å². The van der Waals surface area contributed by atoms with Crippen molar-refractivity contribution < 1.29 is 22.7 Å². The fourth-order valence-corrected chi connectivity index (χ4v) is 4.70. The zero-order chi connectivity index (χ0) is 26.1. The first kappa shape index (κ1) is 28.1. The first-order valence-electron chi connectivity index (χ1n) is 12.4. The van der Waals surface area contributed by atoms with Gasteiger partial charge in [0.2, 0.25) is 5.92 Å². The molecule has 1 aromatic carbocycles. The molecule has 0 saturated heterocycles. The number of esters is 1. The normalized spacial score (nSPS) is 12.7. The van der Waals surface area contributed by atoms with Crippen LogP contribution in [0.25, 0.3) is 22.3 Å². The number of rotatable bonds is 14. The Morgan fingerprint density at radius 1 is 1.14 bits per heavy atom. The number of alkyl halides is 2. The summed E-state index contributed by atoms with van der Waals surface area (Å²) in [5, 5.41) is 0.996. The summed E-state index contributed by atoms with van der Waals surface area (Å²) in [5.41, 5.74) is 14.6. The number of thioether (sulfide) groups is 1. The second-order valence-corrected chi connectivity index (χ2v) is 9.90. The molecule has 0 radical (unpaired) electrons. The third-order valence-corrected chi connectivity index (χ3v) is 7.01. The van der Waals surface area contributed by atoms with Crippen LogP contribution in [0.4, 0.5) is 8.78 Å². The second-order valence-electron chi connectivity index (χ2n) is 8.74. The Labute approximate surface area is 215 Å². The molecule has 0 saturated carbocycles. The Morgan fingerprint density at radius 3 is 2.64 bits per heavy atom. The van der Waals surface area contributed by atoms with E-state index < -0.39 is 17.9 Å². The van der Waals surface area contributed by atoms with Crippen molar-refractivity contribution in [2.75, 3.05) is 18.9 Å². The van der Waals surface area contributed by atoms with Gasteiger partial charge in [0.05, 0.1) is 12.3 Å². The number of ether oxygens (including phenoxy) is 1. The van der Waals surface area contributed by atoms with E-state index >= 15 is 0 Å². The van der Waals surface area contributed by atoms with Crippen LogP contribution in [0.3, 0.4) is 0 Å². The van der Waals surface area contributed by atoms with Gasteiger partial charge in [0.15, 0.2) is 0 Å². The zero-order valence-corrected chi connectivity index (χ0v) is 21.7. The number of fused-ring (bicyclic) bond motifs is 1. The highest BCUT2D eigenvalue weighted by atomic mass is 32.2. The highest BCUT2D eigenvalue weighted by Crippen LogP contribution is 2.33. The summed E-state index contributed by atoms with van der Waals surface area (Å²) in [4.78, 5) is 17.1. The number of carbonyl (C=O) groups excluding carboxylic acids is 1. The average Bonchev–Trinajstić information content (AvgIpc) is 3.31. The maximum absolute atomic E-state index is 14.2. The Morgan fingerprint density at radius 2 is 1.92 bits per heavy atom. The minimum atomic E-state index is -2.80. The summed E-state index contributed by atoms with van der Waals surface area (Å²) in [6.45, 7) is 4.05. The van der Waals surface area contributed by atoms with E-state index in [-0.39, 0.29) is 32.4 Å². The molecule has 1 unspecified atom stereocenters. The Hall–Kier alpha value is -2.49. The van der Waals surface area contributed by atoms with Gasteiger partial charge in [-0.05, 0) is 67.8 Å². The SMILES string of the molecule is CCc1ccc(-c2cc3ccc(SCCCC(F)(F)CCCOC(=O)C(N)CN)cc3o2)c(CC)n1. The molecule has 9 heteroatoms. The van der Waals surface area contributed by atoms with Crippen LogP contribution in [-0.4, -0.2) is 41.8 Å². The smallest absolute Gasteiger partial charge is 0.324 e. The molecule has 0 spiro atoms. The Kier molecular flexibility index (Phi) is 10.3. The number of pyridine rings is 1. The van der Waals surface area contributed by atoms with E-state index in [1.165, 1.54) is 11.8 Å². The summed E-state index contributed by atoms with van der Waals surface area (Å²) in [6.07, 6.45) is 1.60. The number of halogens is 2. The fourth-order valence-electron chi connectivity index (χ4n) is 3.82. The molecule has 2 aromatic heterocycles. The van der Waals surface area contributed by atoms with E-state index in [1.807, 2.05) is 30.3 Å². The highest BCUT2D eigenvalue weighted by Gasteiger charge is 2.27. The molecule has 0 aliphatic rings. The molecule has 0 bridgehead atoms. The van der Waals surface area contributed by atoms with E-state index in [9.17, 15) is 13.6 Å². The largest absolute Gasteiger partial charge is 0.464 e. The molecule has 3 rings (SSSR count). The van der Waals surface area contributed by atoms with E-state index in [1.54, 1.807) is 0 Å². The van der Waals surface area contributed by atoms with Crippen molar-refractivity contribution in [3.8, 4) is 11.3 Å². The summed E-state index contributed by atoms with van der Waals surface area (Å²) in [7, 11) is 0. The number of furan rings is 1. The molecule has 0 aliphatic carbocycles. The van der Waals surface area contributed by atoms with Crippen molar-refractivity contribution in [3.63, 3.8) is 0 Å². The molecule has 6 nitrogen and oxygen atoms in total. The standard InChI is InChI=1S/C27H35F2N3O3S/c1-3-19-8-10-21(23(4-2)32-19)25-15-18-7-9-20(16-24(18)35-25)36-14-6-12-27(28,29)11-5-13-34-26(33)22(31)17-30/h7-10,15-16,22H,3-6,11-14,17,30-31H2,1-2H3. The molecule has 0 amide bonds. The minimum Gasteiger partial charge on any atom is -0.464 e. The quantitative estimate of drug-likeness (QED) is 0.159. The predicted molar refractivity (Wildman–Crippen MR) is 140 cm³/mol. The predicted octanol–water partition coefficient (Wildman–Crippen LogP) is 5.74. The fraction of sp³-hybridized carbons (Fsp3) is 0.481. The number of benzene rings is 1. The topological polar surface area (TPSA) is 104 Å². The van der Waals surface area contributed by atoms with E-state index in [2.05, 4.69) is 19.9 Å². The van der Waals surface area contributed by atoms with Crippen LogP contribution in [-0.2, 0) is 22.4 Å². The average molecular weight is 520 g/mol. The molecule has 0 fully saturated rings. The molecule has 196 valence electrons. The van der Waals surface area contributed by atoms with Gasteiger partial charge in [-0.15, -0.1) is 11.8 Å². The molecule has 3 aromatic rings.